The van der Waals surface area contributed by atoms with Crippen molar-refractivity contribution in [3.8, 4) is 5.88 Å². The first kappa shape index (κ1) is 10.7. The molecule has 0 spiro atoms. The molecule has 0 aromatic carbocycles. The summed E-state index contributed by atoms with van der Waals surface area (Å²) in [6.07, 6.45) is 3.99. The fourth-order valence-corrected chi connectivity index (χ4v) is 1.81. The number of piperidine rings is 1. The van der Waals surface area contributed by atoms with E-state index in [9.17, 15) is 0 Å². The lowest BCUT2D eigenvalue weighted by Gasteiger charge is -2.22. The van der Waals surface area contributed by atoms with Gasteiger partial charge in [-0.15, -0.1) is 0 Å². The number of nitrogens with one attached hydrogen (secondary N) is 1. The molecule has 2 heterocycles. The maximum absolute atomic E-state index is 5.73. The van der Waals surface area contributed by atoms with Crippen molar-refractivity contribution in [2.24, 2.45) is 5.92 Å². The molecule has 0 amide bonds. The van der Waals surface area contributed by atoms with Gasteiger partial charge in [-0.25, -0.2) is 4.98 Å². The molecular formula is C11H15ClN2O. The van der Waals surface area contributed by atoms with Crippen molar-refractivity contribution in [1.29, 1.82) is 0 Å². The molecule has 0 aliphatic carbocycles. The minimum atomic E-state index is 0.643. The summed E-state index contributed by atoms with van der Waals surface area (Å²) in [6, 6.07) is 3.61. The van der Waals surface area contributed by atoms with Crippen LogP contribution in [0.5, 0.6) is 5.88 Å². The zero-order chi connectivity index (χ0) is 10.5. The van der Waals surface area contributed by atoms with E-state index < -0.39 is 0 Å². The van der Waals surface area contributed by atoms with Crippen LogP contribution in [0, 0.1) is 5.92 Å². The van der Waals surface area contributed by atoms with E-state index in [2.05, 4.69) is 10.3 Å². The third-order valence-electron chi connectivity index (χ3n) is 2.63. The molecule has 1 aromatic heterocycles. The second kappa shape index (κ2) is 5.33. The SMILES string of the molecule is Clc1ccc(OCC2CCNCC2)nc1. The van der Waals surface area contributed by atoms with Crippen LogP contribution in [0.3, 0.4) is 0 Å². The Bertz CT molecular complexity index is 296. The molecule has 1 N–H and O–H groups in total. The van der Waals surface area contributed by atoms with Crippen LogP contribution in [0.4, 0.5) is 0 Å². The van der Waals surface area contributed by atoms with Crippen LogP contribution in [0.15, 0.2) is 18.3 Å². The van der Waals surface area contributed by atoms with Crippen molar-refractivity contribution < 1.29 is 4.74 Å². The van der Waals surface area contributed by atoms with Crippen molar-refractivity contribution in [2.75, 3.05) is 19.7 Å². The topological polar surface area (TPSA) is 34.1 Å². The summed E-state index contributed by atoms with van der Waals surface area (Å²) in [5.74, 6) is 1.32. The Balaban J connectivity index is 1.79. The van der Waals surface area contributed by atoms with Crippen molar-refractivity contribution in [3.63, 3.8) is 0 Å². The predicted molar refractivity (Wildman–Crippen MR) is 60.3 cm³/mol. The van der Waals surface area contributed by atoms with Crippen molar-refractivity contribution >= 4 is 11.6 Å². The minimum absolute atomic E-state index is 0.643. The van der Waals surface area contributed by atoms with Gasteiger partial charge in [-0.2, -0.15) is 0 Å². The van der Waals surface area contributed by atoms with E-state index in [0.717, 1.165) is 19.7 Å². The minimum Gasteiger partial charge on any atom is -0.477 e. The summed E-state index contributed by atoms with van der Waals surface area (Å²) >= 11 is 5.73. The first-order valence-corrected chi connectivity index (χ1v) is 5.67. The number of rotatable bonds is 3. The number of nitrogens with zero attached hydrogens (tertiary/aromatic N) is 1. The molecule has 0 atom stereocenters. The molecule has 2 rings (SSSR count). The first-order chi connectivity index (χ1) is 7.34. The number of hydrogen-bond acceptors (Lipinski definition) is 3. The van der Waals surface area contributed by atoms with E-state index >= 15 is 0 Å². The fourth-order valence-electron chi connectivity index (χ4n) is 1.70. The second-order valence-corrected chi connectivity index (χ2v) is 4.26. The lowest BCUT2D eigenvalue weighted by atomic mass is 9.99. The van der Waals surface area contributed by atoms with Gasteiger partial charge in [-0.1, -0.05) is 11.6 Å². The highest BCUT2D eigenvalue weighted by Gasteiger charge is 2.13. The van der Waals surface area contributed by atoms with Gasteiger partial charge < -0.3 is 10.1 Å². The maximum atomic E-state index is 5.73. The van der Waals surface area contributed by atoms with Gasteiger partial charge in [0, 0.05) is 12.3 Å². The molecule has 3 nitrogen and oxygen atoms in total. The molecule has 1 saturated heterocycles. The van der Waals surface area contributed by atoms with Gasteiger partial charge in [-0.3, -0.25) is 0 Å². The highest BCUT2D eigenvalue weighted by molar-refractivity contribution is 6.30. The lowest BCUT2D eigenvalue weighted by molar-refractivity contribution is 0.209. The highest BCUT2D eigenvalue weighted by Crippen LogP contribution is 2.15. The van der Waals surface area contributed by atoms with Gasteiger partial charge in [0.15, 0.2) is 0 Å². The van der Waals surface area contributed by atoms with E-state index in [-0.39, 0.29) is 0 Å². The monoisotopic (exact) mass is 226 g/mol. The Kier molecular flexibility index (Phi) is 3.80. The maximum Gasteiger partial charge on any atom is 0.213 e. The van der Waals surface area contributed by atoms with Crippen LogP contribution < -0.4 is 10.1 Å². The second-order valence-electron chi connectivity index (χ2n) is 3.82. The van der Waals surface area contributed by atoms with Gasteiger partial charge in [0.25, 0.3) is 0 Å². The number of halogens is 1. The largest absolute Gasteiger partial charge is 0.477 e. The van der Waals surface area contributed by atoms with Crippen LogP contribution >= 0.6 is 11.6 Å². The fraction of sp³-hybridized carbons (Fsp3) is 0.545. The molecule has 0 unspecified atom stereocenters. The summed E-state index contributed by atoms with van der Waals surface area (Å²) < 4.78 is 5.60. The van der Waals surface area contributed by atoms with Gasteiger partial charge in [-0.05, 0) is 37.9 Å². The van der Waals surface area contributed by atoms with Gasteiger partial charge >= 0.3 is 0 Å². The smallest absolute Gasteiger partial charge is 0.213 e. The van der Waals surface area contributed by atoms with Crippen LogP contribution in [0.25, 0.3) is 0 Å². The van der Waals surface area contributed by atoms with Crippen molar-refractivity contribution in [2.45, 2.75) is 12.8 Å². The molecule has 0 radical (unpaired) electrons. The molecule has 1 aromatic rings. The number of hydrogen-bond donors (Lipinski definition) is 1. The molecule has 0 bridgehead atoms. The zero-order valence-corrected chi connectivity index (χ0v) is 9.33. The molecule has 82 valence electrons. The first-order valence-electron chi connectivity index (χ1n) is 5.29. The van der Waals surface area contributed by atoms with Crippen LogP contribution in [0.1, 0.15) is 12.8 Å². The molecule has 1 aliphatic rings. The Morgan fingerprint density at radius 3 is 2.87 bits per heavy atom. The summed E-state index contributed by atoms with van der Waals surface area (Å²) in [4.78, 5) is 4.09. The Morgan fingerprint density at radius 1 is 1.40 bits per heavy atom. The zero-order valence-electron chi connectivity index (χ0n) is 8.58. The van der Waals surface area contributed by atoms with Crippen molar-refractivity contribution in [1.82, 2.24) is 10.3 Å². The van der Waals surface area contributed by atoms with E-state index in [1.165, 1.54) is 12.8 Å². The molecule has 1 fully saturated rings. The quantitative estimate of drug-likeness (QED) is 0.857. The predicted octanol–water partition coefficient (Wildman–Crippen LogP) is 2.11. The van der Waals surface area contributed by atoms with E-state index in [1.807, 2.05) is 6.07 Å². The summed E-state index contributed by atoms with van der Waals surface area (Å²) in [5, 5.41) is 3.97. The van der Waals surface area contributed by atoms with E-state index in [0.29, 0.717) is 16.8 Å². The number of pyridine rings is 1. The van der Waals surface area contributed by atoms with Crippen molar-refractivity contribution in [3.05, 3.63) is 23.4 Å². The molecule has 0 saturated carbocycles. The summed E-state index contributed by atoms with van der Waals surface area (Å²) in [7, 11) is 0. The van der Waals surface area contributed by atoms with Gasteiger partial charge in [0.05, 0.1) is 11.6 Å². The summed E-state index contributed by atoms with van der Waals surface area (Å²) in [6.45, 7) is 2.96. The molecule has 1 aliphatic heterocycles. The summed E-state index contributed by atoms with van der Waals surface area (Å²) in [5.41, 5.74) is 0. The Morgan fingerprint density at radius 2 is 2.20 bits per heavy atom. The number of aromatic nitrogens is 1. The third kappa shape index (κ3) is 3.36. The Hall–Kier alpha value is -0.800. The average Bonchev–Trinajstić information content (AvgIpc) is 2.30. The molecule has 15 heavy (non-hydrogen) atoms. The standard InChI is InChI=1S/C11H15ClN2O/c12-10-1-2-11(14-7-10)15-8-9-3-5-13-6-4-9/h1-2,7,9,13H,3-6,8H2. The third-order valence-corrected chi connectivity index (χ3v) is 2.85. The molecule has 4 heteroatoms. The van der Waals surface area contributed by atoms with Crippen LogP contribution in [0.2, 0.25) is 5.02 Å². The normalized spacial score (nSPS) is 17.7. The Labute approximate surface area is 94.8 Å². The van der Waals surface area contributed by atoms with Crippen LogP contribution in [-0.4, -0.2) is 24.7 Å². The molecular weight excluding hydrogens is 212 g/mol. The number of ether oxygens (including phenoxy) is 1. The van der Waals surface area contributed by atoms with Crippen LogP contribution in [-0.2, 0) is 0 Å². The van der Waals surface area contributed by atoms with Gasteiger partial charge in [0.1, 0.15) is 0 Å². The van der Waals surface area contributed by atoms with E-state index in [4.69, 9.17) is 16.3 Å². The van der Waals surface area contributed by atoms with E-state index in [1.54, 1.807) is 12.3 Å². The lowest BCUT2D eigenvalue weighted by Crippen LogP contribution is -2.30. The van der Waals surface area contributed by atoms with Gasteiger partial charge in [0.2, 0.25) is 5.88 Å². The highest BCUT2D eigenvalue weighted by atomic mass is 35.5. The average molecular weight is 227 g/mol.